The van der Waals surface area contributed by atoms with Crippen molar-refractivity contribution in [2.45, 2.75) is 0 Å². The van der Waals surface area contributed by atoms with Crippen LogP contribution in [-0.2, 0) is 4.74 Å². The molecule has 2 N–H and O–H groups in total. The molecule has 0 amide bonds. The van der Waals surface area contributed by atoms with E-state index in [-0.39, 0.29) is 17.0 Å². The third kappa shape index (κ3) is 2.82. The van der Waals surface area contributed by atoms with Crippen molar-refractivity contribution in [2.75, 3.05) is 12.8 Å². The summed E-state index contributed by atoms with van der Waals surface area (Å²) in [7, 11) is 1.23. The normalized spacial score (nSPS) is 10.0. The second-order valence-electron chi connectivity index (χ2n) is 3.78. The minimum Gasteiger partial charge on any atom is -0.465 e. The molecule has 0 radical (unpaired) electrons. The van der Waals surface area contributed by atoms with E-state index in [1.54, 1.807) is 24.3 Å². The van der Waals surface area contributed by atoms with E-state index >= 15 is 0 Å². The Labute approximate surface area is 109 Å². The molecule has 0 heterocycles. The molecule has 2 rings (SSSR count). The number of ether oxygens (including phenoxy) is 2. The summed E-state index contributed by atoms with van der Waals surface area (Å²) < 4.78 is 23.7. The molecule has 0 spiro atoms. The Hall–Kier alpha value is -2.56. The zero-order chi connectivity index (χ0) is 13.8. The van der Waals surface area contributed by atoms with Crippen LogP contribution >= 0.6 is 0 Å². The maximum Gasteiger partial charge on any atom is 0.340 e. The lowest BCUT2D eigenvalue weighted by atomic mass is 10.1. The molecule has 0 saturated carbocycles. The van der Waals surface area contributed by atoms with Gasteiger partial charge in [0.15, 0.2) is 11.6 Å². The molecule has 0 aliphatic carbocycles. The van der Waals surface area contributed by atoms with Gasteiger partial charge in [0.25, 0.3) is 0 Å². The van der Waals surface area contributed by atoms with Crippen LogP contribution in [0.4, 0.5) is 10.1 Å². The van der Waals surface area contributed by atoms with Crippen molar-refractivity contribution in [3.63, 3.8) is 0 Å². The Balaban J connectivity index is 2.38. The number of hydrogen-bond donors (Lipinski definition) is 1. The second kappa shape index (κ2) is 5.39. The van der Waals surface area contributed by atoms with Crippen LogP contribution < -0.4 is 10.5 Å². The predicted molar refractivity (Wildman–Crippen MR) is 68.7 cm³/mol. The smallest absolute Gasteiger partial charge is 0.340 e. The Kier molecular flexibility index (Phi) is 3.66. The molecule has 0 saturated heterocycles. The standard InChI is InChI=1S/C14H12FNO3/c1-18-14(17)10-7-13(11(15)8-12(10)16)19-9-5-3-2-4-6-9/h2-8H,16H2,1H3. The molecule has 4 nitrogen and oxygen atoms in total. The summed E-state index contributed by atoms with van der Waals surface area (Å²) in [4.78, 5) is 11.5. The first-order valence-corrected chi connectivity index (χ1v) is 5.52. The number of methoxy groups -OCH3 is 1. The number of anilines is 1. The molecule has 0 aliphatic rings. The molecule has 2 aromatic carbocycles. The van der Waals surface area contributed by atoms with Crippen LogP contribution in [0.5, 0.6) is 11.5 Å². The van der Waals surface area contributed by atoms with Gasteiger partial charge in [-0.05, 0) is 12.1 Å². The third-order valence-electron chi connectivity index (χ3n) is 2.48. The van der Waals surface area contributed by atoms with E-state index in [0.29, 0.717) is 5.75 Å². The Bertz CT molecular complexity index is 599. The number of benzene rings is 2. The first kappa shape index (κ1) is 12.9. The Morgan fingerprint density at radius 3 is 2.53 bits per heavy atom. The van der Waals surface area contributed by atoms with E-state index in [4.69, 9.17) is 10.5 Å². The zero-order valence-electron chi connectivity index (χ0n) is 10.2. The molecule has 0 bridgehead atoms. The van der Waals surface area contributed by atoms with E-state index in [1.165, 1.54) is 13.2 Å². The number of carbonyl (C=O) groups excluding carboxylic acids is 1. The first-order valence-electron chi connectivity index (χ1n) is 5.52. The highest BCUT2D eigenvalue weighted by atomic mass is 19.1. The van der Waals surface area contributed by atoms with Crippen LogP contribution in [0.15, 0.2) is 42.5 Å². The molecule has 2 aromatic rings. The monoisotopic (exact) mass is 261 g/mol. The average Bonchev–Trinajstić information content (AvgIpc) is 2.42. The maximum absolute atomic E-state index is 13.7. The lowest BCUT2D eigenvalue weighted by molar-refractivity contribution is 0.0601. The van der Waals surface area contributed by atoms with Crippen molar-refractivity contribution in [1.82, 2.24) is 0 Å². The van der Waals surface area contributed by atoms with Crippen LogP contribution in [0, 0.1) is 5.82 Å². The quantitative estimate of drug-likeness (QED) is 0.681. The summed E-state index contributed by atoms with van der Waals surface area (Å²) in [5.41, 5.74) is 5.63. The first-order chi connectivity index (χ1) is 9.11. The van der Waals surface area contributed by atoms with Gasteiger partial charge in [-0.25, -0.2) is 9.18 Å². The van der Waals surface area contributed by atoms with Gasteiger partial charge in [0.05, 0.1) is 12.7 Å². The van der Waals surface area contributed by atoms with Crippen LogP contribution in [0.2, 0.25) is 0 Å². The highest BCUT2D eigenvalue weighted by molar-refractivity contribution is 5.95. The van der Waals surface area contributed by atoms with Crippen molar-refractivity contribution in [1.29, 1.82) is 0 Å². The van der Waals surface area contributed by atoms with Gasteiger partial charge in [0.1, 0.15) is 5.75 Å². The topological polar surface area (TPSA) is 61.5 Å². The summed E-state index contributed by atoms with van der Waals surface area (Å²) in [6.45, 7) is 0. The zero-order valence-corrected chi connectivity index (χ0v) is 10.2. The number of hydrogen-bond acceptors (Lipinski definition) is 4. The van der Waals surface area contributed by atoms with Crippen molar-refractivity contribution >= 4 is 11.7 Å². The molecule has 5 heteroatoms. The molecule has 98 valence electrons. The molecule has 19 heavy (non-hydrogen) atoms. The molecular formula is C14H12FNO3. The summed E-state index contributed by atoms with van der Waals surface area (Å²) in [5, 5.41) is 0. The lowest BCUT2D eigenvalue weighted by Gasteiger charge is -2.10. The summed E-state index contributed by atoms with van der Waals surface area (Å²) >= 11 is 0. The molecule has 0 atom stereocenters. The summed E-state index contributed by atoms with van der Waals surface area (Å²) in [5.74, 6) is -0.910. The fraction of sp³-hybridized carbons (Fsp3) is 0.0714. The van der Waals surface area contributed by atoms with Gasteiger partial charge >= 0.3 is 5.97 Å². The number of halogens is 1. The van der Waals surface area contributed by atoms with Gasteiger partial charge in [0, 0.05) is 17.8 Å². The van der Waals surface area contributed by atoms with E-state index in [9.17, 15) is 9.18 Å². The van der Waals surface area contributed by atoms with Gasteiger partial charge < -0.3 is 15.2 Å². The van der Waals surface area contributed by atoms with Crippen molar-refractivity contribution in [3.8, 4) is 11.5 Å². The SMILES string of the molecule is COC(=O)c1cc(Oc2ccccc2)c(F)cc1N. The van der Waals surface area contributed by atoms with Crippen LogP contribution in [0.25, 0.3) is 0 Å². The summed E-state index contributed by atoms with van der Waals surface area (Å²) in [6, 6.07) is 10.9. The molecule has 0 fully saturated rings. The number of esters is 1. The largest absolute Gasteiger partial charge is 0.465 e. The molecule has 0 unspecified atom stereocenters. The molecule has 0 aliphatic heterocycles. The van der Waals surface area contributed by atoms with E-state index in [2.05, 4.69) is 4.74 Å². The van der Waals surface area contributed by atoms with E-state index in [0.717, 1.165) is 6.07 Å². The second-order valence-corrected chi connectivity index (χ2v) is 3.78. The van der Waals surface area contributed by atoms with E-state index in [1.807, 2.05) is 6.07 Å². The highest BCUT2D eigenvalue weighted by Crippen LogP contribution is 2.28. The molecule has 0 aromatic heterocycles. The Morgan fingerprint density at radius 2 is 1.89 bits per heavy atom. The van der Waals surface area contributed by atoms with Crippen molar-refractivity contribution < 1.29 is 18.7 Å². The summed E-state index contributed by atoms with van der Waals surface area (Å²) in [6.07, 6.45) is 0. The van der Waals surface area contributed by atoms with Gasteiger partial charge in [-0.15, -0.1) is 0 Å². The minimum absolute atomic E-state index is 0.00441. The van der Waals surface area contributed by atoms with Gasteiger partial charge in [-0.2, -0.15) is 0 Å². The molecular weight excluding hydrogens is 249 g/mol. The van der Waals surface area contributed by atoms with Crippen molar-refractivity contribution in [2.24, 2.45) is 0 Å². The van der Waals surface area contributed by atoms with Crippen LogP contribution in [0.3, 0.4) is 0 Å². The van der Waals surface area contributed by atoms with Crippen molar-refractivity contribution in [3.05, 3.63) is 53.8 Å². The fourth-order valence-corrected chi connectivity index (χ4v) is 1.55. The van der Waals surface area contributed by atoms with Gasteiger partial charge in [0.2, 0.25) is 0 Å². The third-order valence-corrected chi connectivity index (χ3v) is 2.48. The fourth-order valence-electron chi connectivity index (χ4n) is 1.55. The Morgan fingerprint density at radius 1 is 1.21 bits per heavy atom. The highest BCUT2D eigenvalue weighted by Gasteiger charge is 2.15. The lowest BCUT2D eigenvalue weighted by Crippen LogP contribution is -2.06. The van der Waals surface area contributed by atoms with Crippen LogP contribution in [-0.4, -0.2) is 13.1 Å². The predicted octanol–water partition coefficient (Wildman–Crippen LogP) is 2.99. The number of nitrogens with two attached hydrogens (primary N) is 1. The van der Waals surface area contributed by atoms with Crippen LogP contribution in [0.1, 0.15) is 10.4 Å². The number of para-hydroxylation sites is 1. The number of rotatable bonds is 3. The van der Waals surface area contributed by atoms with Gasteiger partial charge in [-0.3, -0.25) is 0 Å². The van der Waals surface area contributed by atoms with E-state index < -0.39 is 11.8 Å². The number of nitrogen functional groups attached to an aromatic ring is 1. The minimum atomic E-state index is -0.644. The average molecular weight is 261 g/mol. The van der Waals surface area contributed by atoms with Gasteiger partial charge in [-0.1, -0.05) is 18.2 Å². The number of carbonyl (C=O) groups is 1. The maximum atomic E-state index is 13.7.